The SMILES string of the molecule is COc1cc(-c2ccc3nccc(NC4CCC(N5CCC(OC)C5)CC4)c3c2)cc(Cl)c1O. The Morgan fingerprint density at radius 3 is 2.59 bits per heavy atom. The van der Waals surface area contributed by atoms with Gasteiger partial charge in [-0.1, -0.05) is 17.7 Å². The van der Waals surface area contributed by atoms with Crippen LogP contribution in [0.4, 0.5) is 5.69 Å². The summed E-state index contributed by atoms with van der Waals surface area (Å²) in [5.74, 6) is 0.318. The number of rotatable bonds is 6. The lowest BCUT2D eigenvalue weighted by atomic mass is 9.90. The first kappa shape index (κ1) is 23.2. The van der Waals surface area contributed by atoms with E-state index in [4.69, 9.17) is 21.1 Å². The second-order valence-electron chi connectivity index (χ2n) is 9.39. The molecule has 1 aromatic heterocycles. The van der Waals surface area contributed by atoms with Gasteiger partial charge in [0.2, 0.25) is 0 Å². The first-order chi connectivity index (χ1) is 16.6. The lowest BCUT2D eigenvalue weighted by Gasteiger charge is -2.35. The highest BCUT2D eigenvalue weighted by atomic mass is 35.5. The monoisotopic (exact) mass is 481 g/mol. The number of nitrogens with zero attached hydrogens (tertiary/aromatic N) is 2. The maximum absolute atomic E-state index is 10.1. The zero-order valence-corrected chi connectivity index (χ0v) is 20.5. The number of hydrogen-bond donors (Lipinski definition) is 2. The summed E-state index contributed by atoms with van der Waals surface area (Å²) in [6, 6.07) is 12.9. The van der Waals surface area contributed by atoms with Crippen LogP contribution in [0.1, 0.15) is 32.1 Å². The fraction of sp³-hybridized carbons (Fsp3) is 0.444. The van der Waals surface area contributed by atoms with Crippen molar-refractivity contribution in [2.45, 2.75) is 50.3 Å². The molecule has 0 bridgehead atoms. The second-order valence-corrected chi connectivity index (χ2v) is 9.80. The molecule has 0 spiro atoms. The van der Waals surface area contributed by atoms with Gasteiger partial charge >= 0.3 is 0 Å². The Morgan fingerprint density at radius 1 is 1.03 bits per heavy atom. The number of phenols is 1. The van der Waals surface area contributed by atoms with E-state index in [0.717, 1.165) is 60.1 Å². The van der Waals surface area contributed by atoms with Crippen molar-refractivity contribution in [2.75, 3.05) is 32.6 Å². The summed E-state index contributed by atoms with van der Waals surface area (Å²) in [7, 11) is 3.35. The molecule has 2 fully saturated rings. The van der Waals surface area contributed by atoms with Gasteiger partial charge in [0.05, 0.1) is 23.8 Å². The van der Waals surface area contributed by atoms with Crippen LogP contribution in [0.5, 0.6) is 11.5 Å². The molecule has 1 aliphatic carbocycles. The maximum atomic E-state index is 10.1. The number of aromatic nitrogens is 1. The third-order valence-electron chi connectivity index (χ3n) is 7.41. The van der Waals surface area contributed by atoms with Gasteiger partial charge in [-0.05, 0) is 73.6 Å². The van der Waals surface area contributed by atoms with Gasteiger partial charge in [0.25, 0.3) is 0 Å². The topological polar surface area (TPSA) is 66.9 Å². The summed E-state index contributed by atoms with van der Waals surface area (Å²) in [4.78, 5) is 7.19. The number of phenolic OH excluding ortho intramolecular Hbond substituents is 1. The first-order valence-corrected chi connectivity index (χ1v) is 12.4. The molecule has 2 aromatic carbocycles. The molecule has 1 unspecified atom stereocenters. The van der Waals surface area contributed by atoms with Gasteiger partial charge < -0.3 is 19.9 Å². The van der Waals surface area contributed by atoms with Crippen LogP contribution in [0.25, 0.3) is 22.0 Å². The average Bonchev–Trinajstić information content (AvgIpc) is 3.35. The number of nitrogens with one attached hydrogen (secondary N) is 1. The van der Waals surface area contributed by atoms with E-state index in [9.17, 15) is 5.11 Å². The number of hydrogen-bond acceptors (Lipinski definition) is 6. The zero-order valence-electron chi connectivity index (χ0n) is 19.8. The van der Waals surface area contributed by atoms with Gasteiger partial charge in [-0.2, -0.15) is 0 Å². The van der Waals surface area contributed by atoms with Gasteiger partial charge in [0.1, 0.15) is 0 Å². The van der Waals surface area contributed by atoms with Gasteiger partial charge in [0, 0.05) is 49.6 Å². The minimum atomic E-state index is -0.0417. The van der Waals surface area contributed by atoms with Crippen molar-refractivity contribution < 1.29 is 14.6 Å². The van der Waals surface area contributed by atoms with Crippen LogP contribution in [-0.2, 0) is 4.74 Å². The van der Waals surface area contributed by atoms with Crippen LogP contribution in [0.3, 0.4) is 0 Å². The molecule has 7 heteroatoms. The second kappa shape index (κ2) is 9.98. The summed E-state index contributed by atoms with van der Waals surface area (Å²) in [5.41, 5.74) is 3.93. The molecule has 1 aliphatic heterocycles. The molecule has 180 valence electrons. The fourth-order valence-corrected chi connectivity index (χ4v) is 5.64. The highest BCUT2D eigenvalue weighted by Gasteiger charge is 2.31. The van der Waals surface area contributed by atoms with E-state index in [1.165, 1.54) is 20.0 Å². The number of fused-ring (bicyclic) bond motifs is 1. The van der Waals surface area contributed by atoms with Crippen LogP contribution in [0.2, 0.25) is 5.02 Å². The average molecular weight is 482 g/mol. The van der Waals surface area contributed by atoms with E-state index in [2.05, 4.69) is 27.3 Å². The van der Waals surface area contributed by atoms with Gasteiger partial charge in [-0.15, -0.1) is 0 Å². The molecule has 1 saturated heterocycles. The number of halogens is 1. The minimum absolute atomic E-state index is 0.0417. The van der Waals surface area contributed by atoms with Gasteiger partial charge in [-0.3, -0.25) is 9.88 Å². The van der Waals surface area contributed by atoms with E-state index < -0.39 is 0 Å². The van der Waals surface area contributed by atoms with Crippen LogP contribution in [0, 0.1) is 0 Å². The Bertz CT molecular complexity index is 1160. The third kappa shape index (κ3) is 4.67. The summed E-state index contributed by atoms with van der Waals surface area (Å²) in [6.07, 6.45) is 8.17. The summed E-state index contributed by atoms with van der Waals surface area (Å²) in [5, 5.41) is 15.2. The highest BCUT2D eigenvalue weighted by Crippen LogP contribution is 2.39. The Hall–Kier alpha value is -2.54. The molecule has 0 radical (unpaired) electrons. The molecule has 2 aliphatic rings. The third-order valence-corrected chi connectivity index (χ3v) is 7.69. The molecule has 2 N–H and O–H groups in total. The van der Waals surface area contributed by atoms with Gasteiger partial charge in [0.15, 0.2) is 11.5 Å². The standard InChI is InChI=1S/C27H32ClN3O3/c1-33-21-10-12-31(16-21)20-6-4-19(5-7-20)30-25-9-11-29-24-8-3-17(13-22(24)25)18-14-23(28)27(32)26(15-18)34-2/h3,8-9,11,13-15,19-21,32H,4-7,10,12,16H2,1-2H3,(H,29,30). The first-order valence-electron chi connectivity index (χ1n) is 12.0. The van der Waals surface area contributed by atoms with Crippen molar-refractivity contribution in [1.29, 1.82) is 0 Å². The number of benzene rings is 2. The van der Waals surface area contributed by atoms with E-state index in [0.29, 0.717) is 23.9 Å². The van der Waals surface area contributed by atoms with Gasteiger partial charge in [-0.25, -0.2) is 0 Å². The number of methoxy groups -OCH3 is 2. The zero-order chi connectivity index (χ0) is 23.7. The Balaban J connectivity index is 1.33. The van der Waals surface area contributed by atoms with Crippen molar-refractivity contribution in [3.05, 3.63) is 47.6 Å². The Morgan fingerprint density at radius 2 is 1.85 bits per heavy atom. The molecule has 1 saturated carbocycles. The van der Waals surface area contributed by atoms with E-state index in [1.54, 1.807) is 12.1 Å². The lowest BCUT2D eigenvalue weighted by molar-refractivity contribution is 0.0947. The van der Waals surface area contributed by atoms with Crippen molar-refractivity contribution in [3.63, 3.8) is 0 Å². The smallest absolute Gasteiger partial charge is 0.176 e. The summed E-state index contributed by atoms with van der Waals surface area (Å²) >= 11 is 6.24. The lowest BCUT2D eigenvalue weighted by Crippen LogP contribution is -2.39. The van der Waals surface area contributed by atoms with Crippen LogP contribution < -0.4 is 10.1 Å². The van der Waals surface area contributed by atoms with Crippen molar-refractivity contribution in [3.8, 4) is 22.6 Å². The quantitative estimate of drug-likeness (QED) is 0.470. The largest absolute Gasteiger partial charge is 0.503 e. The summed E-state index contributed by atoms with van der Waals surface area (Å²) in [6.45, 7) is 2.23. The van der Waals surface area contributed by atoms with Crippen molar-refractivity contribution in [1.82, 2.24) is 9.88 Å². The van der Waals surface area contributed by atoms with E-state index in [1.807, 2.05) is 25.4 Å². The highest BCUT2D eigenvalue weighted by molar-refractivity contribution is 6.32. The maximum Gasteiger partial charge on any atom is 0.176 e. The molecule has 0 amide bonds. The number of anilines is 1. The molecule has 5 rings (SSSR count). The predicted molar refractivity (Wildman–Crippen MR) is 137 cm³/mol. The molecular weight excluding hydrogens is 450 g/mol. The van der Waals surface area contributed by atoms with Crippen molar-refractivity contribution in [2.24, 2.45) is 0 Å². The van der Waals surface area contributed by atoms with Crippen molar-refractivity contribution >= 4 is 28.2 Å². The van der Waals surface area contributed by atoms with E-state index >= 15 is 0 Å². The van der Waals surface area contributed by atoms with E-state index in [-0.39, 0.29) is 10.8 Å². The number of ether oxygens (including phenoxy) is 2. The molecule has 3 aromatic rings. The predicted octanol–water partition coefficient (Wildman–Crippen LogP) is 5.71. The molecule has 6 nitrogen and oxygen atoms in total. The molecule has 34 heavy (non-hydrogen) atoms. The minimum Gasteiger partial charge on any atom is -0.503 e. The Kier molecular flexibility index (Phi) is 6.82. The number of likely N-dealkylation sites (tertiary alicyclic amines) is 1. The fourth-order valence-electron chi connectivity index (χ4n) is 5.43. The summed E-state index contributed by atoms with van der Waals surface area (Å²) < 4.78 is 10.8. The van der Waals surface area contributed by atoms with Crippen LogP contribution in [0.15, 0.2) is 42.6 Å². The molecule has 1 atom stereocenters. The van der Waals surface area contributed by atoms with Crippen LogP contribution >= 0.6 is 11.6 Å². The van der Waals surface area contributed by atoms with Crippen LogP contribution in [-0.4, -0.2) is 60.5 Å². The number of pyridine rings is 1. The number of aromatic hydroxyl groups is 1. The molecule has 2 heterocycles. The normalized spacial score (nSPS) is 23.3. The molecular formula is C27H32ClN3O3. The Labute approximate surface area is 205 Å².